The van der Waals surface area contributed by atoms with Gasteiger partial charge in [0.15, 0.2) is 5.78 Å². The number of hydrogen-bond donors (Lipinski definition) is 1. The first-order chi connectivity index (χ1) is 8.48. The minimum Gasteiger partial charge on any atom is -0.381 e. The van der Waals surface area contributed by atoms with Crippen LogP contribution in [0.3, 0.4) is 0 Å². The molecule has 0 aromatic rings. The molecule has 0 radical (unpaired) electrons. The van der Waals surface area contributed by atoms with Gasteiger partial charge in [-0.15, -0.1) is 0 Å². The van der Waals surface area contributed by atoms with Gasteiger partial charge >= 0.3 is 6.03 Å². The Balaban J connectivity index is 2.03. The Labute approximate surface area is 106 Å². The summed E-state index contributed by atoms with van der Waals surface area (Å²) >= 11 is 0. The zero-order valence-electron chi connectivity index (χ0n) is 10.7. The topological polar surface area (TPSA) is 75.7 Å². The summed E-state index contributed by atoms with van der Waals surface area (Å²) in [5.74, 6) is -0.599. The summed E-state index contributed by atoms with van der Waals surface area (Å²) in [6.45, 7) is 4.33. The highest BCUT2D eigenvalue weighted by atomic mass is 16.5. The van der Waals surface area contributed by atoms with Gasteiger partial charge in [0.05, 0.1) is 13.2 Å². The summed E-state index contributed by atoms with van der Waals surface area (Å²) in [4.78, 5) is 36.8. The number of carbonyl (C=O) groups excluding carboxylic acids is 3. The molecule has 0 aliphatic carbocycles. The molecule has 0 spiro atoms. The Morgan fingerprint density at radius 1 is 1.56 bits per heavy atom. The molecule has 2 aliphatic rings. The summed E-state index contributed by atoms with van der Waals surface area (Å²) in [6.07, 6.45) is 1.18. The van der Waals surface area contributed by atoms with Crippen LogP contribution >= 0.6 is 0 Å². The summed E-state index contributed by atoms with van der Waals surface area (Å²) < 4.78 is 5.13. The molecule has 0 aromatic heterocycles. The van der Waals surface area contributed by atoms with Crippen molar-refractivity contribution in [1.82, 2.24) is 10.2 Å². The lowest BCUT2D eigenvalue weighted by Gasteiger charge is -2.19. The Bertz CT molecular complexity index is 390. The van der Waals surface area contributed by atoms with Crippen LogP contribution in [-0.4, -0.2) is 47.9 Å². The van der Waals surface area contributed by atoms with Gasteiger partial charge in [-0.25, -0.2) is 4.79 Å². The predicted octanol–water partition coefficient (Wildman–Crippen LogP) is 0.312. The van der Waals surface area contributed by atoms with Gasteiger partial charge in [-0.3, -0.25) is 14.5 Å². The number of ketones is 1. The summed E-state index contributed by atoms with van der Waals surface area (Å²) in [5.41, 5.74) is -0.871. The van der Waals surface area contributed by atoms with Gasteiger partial charge in [-0.1, -0.05) is 6.92 Å². The molecule has 0 bridgehead atoms. The molecule has 3 amide bonds. The van der Waals surface area contributed by atoms with Gasteiger partial charge in [-0.2, -0.15) is 0 Å². The highest BCUT2D eigenvalue weighted by molar-refractivity contribution is 6.09. The van der Waals surface area contributed by atoms with E-state index < -0.39 is 11.6 Å². The van der Waals surface area contributed by atoms with Gasteiger partial charge in [0.2, 0.25) is 0 Å². The number of imide groups is 1. The molecular formula is C12H18N2O4. The SMILES string of the molecule is CCC1(C)NC(=O)N(CC(=O)C2CCOC2)C1=O. The number of ether oxygens (including phenoxy) is 1. The molecule has 2 unspecified atom stereocenters. The van der Waals surface area contributed by atoms with Crippen LogP contribution in [0.2, 0.25) is 0 Å². The minimum atomic E-state index is -0.871. The molecule has 2 atom stereocenters. The molecule has 100 valence electrons. The van der Waals surface area contributed by atoms with E-state index in [1.807, 2.05) is 6.92 Å². The number of nitrogens with one attached hydrogen (secondary N) is 1. The van der Waals surface area contributed by atoms with Crippen LogP contribution in [-0.2, 0) is 14.3 Å². The molecule has 0 aromatic carbocycles. The highest BCUT2D eigenvalue weighted by Crippen LogP contribution is 2.22. The number of amides is 3. The minimum absolute atomic E-state index is 0.101. The van der Waals surface area contributed by atoms with E-state index in [2.05, 4.69) is 5.32 Å². The second-order valence-electron chi connectivity index (χ2n) is 5.03. The third-order valence-electron chi connectivity index (χ3n) is 3.75. The second-order valence-corrected chi connectivity index (χ2v) is 5.03. The number of Topliss-reactive ketones (excluding diaryl/α,β-unsaturated/α-hetero) is 1. The van der Waals surface area contributed by atoms with E-state index in [1.54, 1.807) is 6.92 Å². The summed E-state index contributed by atoms with van der Waals surface area (Å²) in [7, 11) is 0. The molecule has 2 saturated heterocycles. The number of carbonyl (C=O) groups is 3. The molecule has 6 heteroatoms. The van der Waals surface area contributed by atoms with Gasteiger partial charge in [-0.05, 0) is 19.8 Å². The fourth-order valence-electron chi connectivity index (χ4n) is 2.20. The monoisotopic (exact) mass is 254 g/mol. The Kier molecular flexibility index (Phi) is 3.38. The predicted molar refractivity (Wildman–Crippen MR) is 62.9 cm³/mol. The van der Waals surface area contributed by atoms with Crippen LogP contribution in [0.5, 0.6) is 0 Å². The van der Waals surface area contributed by atoms with Gasteiger partial charge in [0.25, 0.3) is 5.91 Å². The van der Waals surface area contributed by atoms with Crippen molar-refractivity contribution in [1.29, 1.82) is 0 Å². The first kappa shape index (κ1) is 13.0. The lowest BCUT2D eigenvalue weighted by atomic mass is 9.99. The smallest absolute Gasteiger partial charge is 0.325 e. The Morgan fingerprint density at radius 2 is 2.28 bits per heavy atom. The van der Waals surface area contributed by atoms with E-state index in [0.29, 0.717) is 26.1 Å². The van der Waals surface area contributed by atoms with Gasteiger partial charge < -0.3 is 10.1 Å². The zero-order chi connectivity index (χ0) is 13.3. The van der Waals surface area contributed by atoms with Crippen molar-refractivity contribution in [3.63, 3.8) is 0 Å². The standard InChI is InChI=1S/C12H18N2O4/c1-3-12(2)10(16)14(11(17)13-12)6-9(15)8-4-5-18-7-8/h8H,3-7H2,1-2H3,(H,13,17). The van der Waals surface area contributed by atoms with Crippen LogP contribution in [0.1, 0.15) is 26.7 Å². The molecule has 2 heterocycles. The lowest BCUT2D eigenvalue weighted by Crippen LogP contribution is -2.44. The Morgan fingerprint density at radius 3 is 2.78 bits per heavy atom. The van der Waals surface area contributed by atoms with E-state index in [1.165, 1.54) is 0 Å². The summed E-state index contributed by atoms with van der Waals surface area (Å²) in [6, 6.07) is -0.475. The number of hydrogen-bond acceptors (Lipinski definition) is 4. The van der Waals surface area contributed by atoms with E-state index in [0.717, 1.165) is 4.90 Å². The zero-order valence-corrected chi connectivity index (χ0v) is 10.7. The van der Waals surface area contributed by atoms with E-state index in [-0.39, 0.29) is 24.2 Å². The number of nitrogens with zero attached hydrogens (tertiary/aromatic N) is 1. The van der Waals surface area contributed by atoms with E-state index in [9.17, 15) is 14.4 Å². The van der Waals surface area contributed by atoms with Crippen molar-refractivity contribution in [2.24, 2.45) is 5.92 Å². The molecular weight excluding hydrogens is 236 g/mol. The third-order valence-corrected chi connectivity index (χ3v) is 3.75. The van der Waals surface area contributed by atoms with Gasteiger partial charge in [0.1, 0.15) is 5.54 Å². The van der Waals surface area contributed by atoms with E-state index >= 15 is 0 Å². The Hall–Kier alpha value is -1.43. The normalized spacial score (nSPS) is 31.9. The second kappa shape index (κ2) is 4.68. The lowest BCUT2D eigenvalue weighted by molar-refractivity contribution is -0.135. The number of rotatable bonds is 4. The molecule has 0 saturated carbocycles. The molecule has 1 N–H and O–H groups in total. The fourth-order valence-corrected chi connectivity index (χ4v) is 2.20. The van der Waals surface area contributed by atoms with Crippen LogP contribution in [0.4, 0.5) is 4.79 Å². The van der Waals surface area contributed by atoms with Crippen LogP contribution in [0, 0.1) is 5.92 Å². The molecule has 18 heavy (non-hydrogen) atoms. The molecule has 6 nitrogen and oxygen atoms in total. The maximum Gasteiger partial charge on any atom is 0.325 e. The molecule has 2 rings (SSSR count). The average Bonchev–Trinajstić information content (AvgIpc) is 2.93. The quantitative estimate of drug-likeness (QED) is 0.733. The van der Waals surface area contributed by atoms with Crippen molar-refractivity contribution in [3.8, 4) is 0 Å². The maximum absolute atomic E-state index is 12.1. The molecule has 2 fully saturated rings. The van der Waals surface area contributed by atoms with Crippen molar-refractivity contribution < 1.29 is 19.1 Å². The summed E-state index contributed by atoms with van der Waals surface area (Å²) in [5, 5.41) is 2.63. The largest absolute Gasteiger partial charge is 0.381 e. The fraction of sp³-hybridized carbons (Fsp3) is 0.750. The number of urea groups is 1. The van der Waals surface area contributed by atoms with Crippen LogP contribution < -0.4 is 5.32 Å². The van der Waals surface area contributed by atoms with Crippen molar-refractivity contribution in [3.05, 3.63) is 0 Å². The first-order valence-electron chi connectivity index (χ1n) is 6.22. The van der Waals surface area contributed by atoms with Crippen LogP contribution in [0.15, 0.2) is 0 Å². The maximum atomic E-state index is 12.1. The van der Waals surface area contributed by atoms with Crippen molar-refractivity contribution in [2.45, 2.75) is 32.2 Å². The van der Waals surface area contributed by atoms with Crippen molar-refractivity contribution >= 4 is 17.7 Å². The van der Waals surface area contributed by atoms with Crippen LogP contribution in [0.25, 0.3) is 0 Å². The molecule has 2 aliphatic heterocycles. The van der Waals surface area contributed by atoms with Gasteiger partial charge in [0, 0.05) is 12.5 Å². The highest BCUT2D eigenvalue weighted by Gasteiger charge is 2.47. The average molecular weight is 254 g/mol. The van der Waals surface area contributed by atoms with E-state index in [4.69, 9.17) is 4.74 Å². The van der Waals surface area contributed by atoms with Crippen molar-refractivity contribution in [2.75, 3.05) is 19.8 Å². The third kappa shape index (κ3) is 2.12. The first-order valence-corrected chi connectivity index (χ1v) is 6.22.